The first-order chi connectivity index (χ1) is 16.5. The van der Waals surface area contributed by atoms with Crippen LogP contribution in [0.25, 0.3) is 0 Å². The van der Waals surface area contributed by atoms with Crippen LogP contribution in [0, 0.1) is 0 Å². The summed E-state index contributed by atoms with van der Waals surface area (Å²) in [6, 6.07) is 16.4. The summed E-state index contributed by atoms with van der Waals surface area (Å²) in [6.45, 7) is -0.848. The number of carbonyl (C=O) groups is 1. The van der Waals surface area contributed by atoms with E-state index in [9.17, 15) is 26.4 Å². The van der Waals surface area contributed by atoms with Crippen LogP contribution in [-0.2, 0) is 21.0 Å². The highest BCUT2D eigenvalue weighted by atomic mass is 35.5. The number of hydrazone groups is 1. The number of benzene rings is 3. The monoisotopic (exact) mass is 525 g/mol. The van der Waals surface area contributed by atoms with Gasteiger partial charge in [-0.25, -0.2) is 13.8 Å². The first kappa shape index (κ1) is 26.0. The molecule has 0 saturated carbocycles. The van der Waals surface area contributed by atoms with Gasteiger partial charge in [0.2, 0.25) is 0 Å². The first-order valence-electron chi connectivity index (χ1n) is 9.93. The quantitative estimate of drug-likeness (QED) is 0.341. The molecule has 7 nitrogen and oxygen atoms in total. The molecule has 0 bridgehead atoms. The number of ether oxygens (including phenoxy) is 1. The van der Waals surface area contributed by atoms with E-state index in [0.717, 1.165) is 12.1 Å². The number of rotatable bonds is 8. The Labute approximate surface area is 204 Å². The number of carbonyl (C=O) groups excluding carboxylic acids is 1. The van der Waals surface area contributed by atoms with Crippen LogP contribution in [0.4, 0.5) is 18.9 Å². The molecule has 0 saturated heterocycles. The van der Waals surface area contributed by atoms with Crippen molar-refractivity contribution in [3.05, 3.63) is 88.9 Å². The van der Waals surface area contributed by atoms with Crippen molar-refractivity contribution < 1.29 is 31.1 Å². The van der Waals surface area contributed by atoms with Gasteiger partial charge in [-0.3, -0.25) is 9.10 Å². The van der Waals surface area contributed by atoms with Crippen molar-refractivity contribution in [2.75, 3.05) is 18.0 Å². The maximum absolute atomic E-state index is 13.4. The Balaban J connectivity index is 1.94. The number of methoxy groups -OCH3 is 1. The third-order valence-corrected chi connectivity index (χ3v) is 6.81. The van der Waals surface area contributed by atoms with E-state index in [1.54, 1.807) is 30.3 Å². The van der Waals surface area contributed by atoms with Gasteiger partial charge in [0.15, 0.2) is 0 Å². The molecule has 184 valence electrons. The fourth-order valence-electron chi connectivity index (χ4n) is 3.03. The Hall–Kier alpha value is -3.57. The van der Waals surface area contributed by atoms with Gasteiger partial charge in [-0.15, -0.1) is 0 Å². The molecule has 0 spiro atoms. The highest BCUT2D eigenvalue weighted by molar-refractivity contribution is 7.92. The molecule has 0 aliphatic carbocycles. The number of alkyl halides is 3. The van der Waals surface area contributed by atoms with Gasteiger partial charge in [0.05, 0.1) is 34.5 Å². The van der Waals surface area contributed by atoms with Crippen LogP contribution < -0.4 is 14.5 Å². The van der Waals surface area contributed by atoms with Crippen LogP contribution in [0.5, 0.6) is 5.75 Å². The van der Waals surface area contributed by atoms with E-state index in [4.69, 9.17) is 16.3 Å². The normalized spacial score (nSPS) is 11.9. The third-order valence-electron chi connectivity index (χ3n) is 4.69. The number of nitrogens with one attached hydrogen (secondary N) is 1. The van der Waals surface area contributed by atoms with Crippen LogP contribution in [0.3, 0.4) is 0 Å². The van der Waals surface area contributed by atoms with Gasteiger partial charge in [0.1, 0.15) is 12.3 Å². The molecule has 0 aliphatic rings. The molecule has 0 aliphatic heterocycles. The van der Waals surface area contributed by atoms with Crippen molar-refractivity contribution in [1.82, 2.24) is 5.43 Å². The Morgan fingerprint density at radius 2 is 1.74 bits per heavy atom. The number of nitrogens with zero attached hydrogens (tertiary/aromatic N) is 2. The average Bonchev–Trinajstić information content (AvgIpc) is 2.83. The van der Waals surface area contributed by atoms with Gasteiger partial charge in [-0.05, 0) is 42.5 Å². The highest BCUT2D eigenvalue weighted by Gasteiger charge is 2.35. The molecule has 12 heteroatoms. The number of sulfonamides is 1. The Kier molecular flexibility index (Phi) is 8.03. The van der Waals surface area contributed by atoms with E-state index in [1.807, 2.05) is 0 Å². The minimum absolute atomic E-state index is 0.214. The van der Waals surface area contributed by atoms with Crippen molar-refractivity contribution >= 4 is 39.4 Å². The van der Waals surface area contributed by atoms with E-state index in [1.165, 1.54) is 37.6 Å². The van der Waals surface area contributed by atoms with Gasteiger partial charge in [-0.2, -0.15) is 18.3 Å². The molecule has 3 rings (SSSR count). The molecule has 0 atom stereocenters. The van der Waals surface area contributed by atoms with Crippen molar-refractivity contribution in [1.29, 1.82) is 0 Å². The maximum atomic E-state index is 13.4. The largest absolute Gasteiger partial charge is 0.496 e. The summed E-state index contributed by atoms with van der Waals surface area (Å²) in [5.74, 6) is -0.404. The van der Waals surface area contributed by atoms with Crippen molar-refractivity contribution in [3.8, 4) is 5.75 Å². The zero-order chi connectivity index (χ0) is 25.6. The lowest BCUT2D eigenvalue weighted by molar-refractivity contribution is -0.137. The van der Waals surface area contributed by atoms with Crippen LogP contribution in [-0.4, -0.2) is 34.2 Å². The van der Waals surface area contributed by atoms with Gasteiger partial charge in [-0.1, -0.05) is 41.9 Å². The number of amides is 1. The molecule has 0 fully saturated rings. The fourth-order valence-corrected chi connectivity index (χ4v) is 4.69. The smallest absolute Gasteiger partial charge is 0.417 e. The summed E-state index contributed by atoms with van der Waals surface area (Å²) in [5, 5.41) is 3.19. The standard InChI is InChI=1S/C23H19ClF3N3O4S/c1-34-21-10-6-5-7-16(21)14-28-29-22(31)15-30(35(32,33)18-8-3-2-4-9-18)17-11-12-20(24)19(13-17)23(25,26)27/h2-14H,15H2,1H3,(H,29,31)/b28-14-. The molecule has 0 heterocycles. The van der Waals surface area contributed by atoms with Gasteiger partial charge >= 0.3 is 6.18 Å². The lowest BCUT2D eigenvalue weighted by atomic mass is 10.2. The van der Waals surface area contributed by atoms with E-state index in [0.29, 0.717) is 21.7 Å². The summed E-state index contributed by atoms with van der Waals surface area (Å²) in [4.78, 5) is 12.4. The summed E-state index contributed by atoms with van der Waals surface area (Å²) < 4.78 is 72.5. The number of anilines is 1. The van der Waals surface area contributed by atoms with Gasteiger partial charge in [0, 0.05) is 5.56 Å². The molecule has 35 heavy (non-hydrogen) atoms. The van der Waals surface area contributed by atoms with E-state index < -0.39 is 44.9 Å². The first-order valence-corrected chi connectivity index (χ1v) is 11.8. The zero-order valence-electron chi connectivity index (χ0n) is 18.2. The number of halogens is 4. The predicted octanol–water partition coefficient (Wildman–Crippen LogP) is 4.71. The highest BCUT2D eigenvalue weighted by Crippen LogP contribution is 2.38. The summed E-state index contributed by atoms with van der Waals surface area (Å²) in [7, 11) is -2.96. The Morgan fingerprint density at radius 1 is 1.09 bits per heavy atom. The summed E-state index contributed by atoms with van der Waals surface area (Å²) in [5.41, 5.74) is 1.09. The van der Waals surface area contributed by atoms with Crippen LogP contribution in [0.1, 0.15) is 11.1 Å². The van der Waals surface area contributed by atoms with E-state index >= 15 is 0 Å². The zero-order valence-corrected chi connectivity index (χ0v) is 19.7. The molecule has 0 unspecified atom stereocenters. The van der Waals surface area contributed by atoms with E-state index in [-0.39, 0.29) is 4.90 Å². The second kappa shape index (κ2) is 10.8. The number of hydrogen-bond acceptors (Lipinski definition) is 5. The minimum Gasteiger partial charge on any atom is -0.496 e. The molecule has 0 aromatic heterocycles. The van der Waals surface area contributed by atoms with Crippen LogP contribution >= 0.6 is 11.6 Å². The van der Waals surface area contributed by atoms with Gasteiger partial charge < -0.3 is 4.74 Å². The lowest BCUT2D eigenvalue weighted by Gasteiger charge is -2.24. The average molecular weight is 526 g/mol. The molecule has 1 N–H and O–H groups in total. The second-order valence-electron chi connectivity index (χ2n) is 7.02. The lowest BCUT2D eigenvalue weighted by Crippen LogP contribution is -2.39. The van der Waals surface area contributed by atoms with Crippen molar-refractivity contribution in [2.24, 2.45) is 5.10 Å². The van der Waals surface area contributed by atoms with Crippen molar-refractivity contribution in [3.63, 3.8) is 0 Å². The molecule has 3 aromatic carbocycles. The fraction of sp³-hybridized carbons (Fsp3) is 0.130. The second-order valence-corrected chi connectivity index (χ2v) is 9.29. The minimum atomic E-state index is -4.84. The van der Waals surface area contributed by atoms with Crippen LogP contribution in [0.2, 0.25) is 5.02 Å². The Bertz CT molecular complexity index is 1330. The maximum Gasteiger partial charge on any atom is 0.417 e. The SMILES string of the molecule is COc1ccccc1/C=N\NC(=O)CN(c1ccc(Cl)c(C(F)(F)F)c1)S(=O)(=O)c1ccccc1. The van der Waals surface area contributed by atoms with Crippen molar-refractivity contribution in [2.45, 2.75) is 11.1 Å². The van der Waals surface area contributed by atoms with Crippen LogP contribution in [0.15, 0.2) is 82.8 Å². The molecular formula is C23H19ClF3N3O4S. The third kappa shape index (κ3) is 6.31. The number of para-hydroxylation sites is 1. The van der Waals surface area contributed by atoms with Gasteiger partial charge in [0.25, 0.3) is 15.9 Å². The number of hydrogen-bond donors (Lipinski definition) is 1. The molecular weight excluding hydrogens is 507 g/mol. The topological polar surface area (TPSA) is 88.1 Å². The molecule has 1 amide bonds. The Morgan fingerprint density at radius 3 is 2.40 bits per heavy atom. The van der Waals surface area contributed by atoms with E-state index in [2.05, 4.69) is 10.5 Å². The predicted molar refractivity (Wildman–Crippen MR) is 126 cm³/mol. The summed E-state index contributed by atoms with van der Waals surface area (Å²) in [6.07, 6.45) is -3.55. The molecule has 3 aromatic rings. The molecule has 0 radical (unpaired) electrons. The summed E-state index contributed by atoms with van der Waals surface area (Å²) >= 11 is 5.68.